The first-order chi connectivity index (χ1) is 19.9. The van der Waals surface area contributed by atoms with Crippen LogP contribution in [0, 0.1) is 11.3 Å². The molecule has 0 saturated carbocycles. The number of fused-ring (bicyclic) bond motifs is 1. The summed E-state index contributed by atoms with van der Waals surface area (Å²) in [5.41, 5.74) is 3.11. The molecule has 0 radical (unpaired) electrons. The van der Waals surface area contributed by atoms with Gasteiger partial charge in [-0.2, -0.15) is 0 Å². The highest BCUT2D eigenvalue weighted by Crippen LogP contribution is 2.42. The fourth-order valence-electron chi connectivity index (χ4n) is 5.65. The van der Waals surface area contributed by atoms with Crippen molar-refractivity contribution in [1.82, 2.24) is 15.2 Å². The molecule has 4 rings (SSSR count). The van der Waals surface area contributed by atoms with Gasteiger partial charge in [-0.15, -0.1) is 17.0 Å². The van der Waals surface area contributed by atoms with Crippen LogP contribution in [-0.4, -0.2) is 78.9 Å². The molecule has 43 heavy (non-hydrogen) atoms. The Labute approximate surface area is 263 Å². The summed E-state index contributed by atoms with van der Waals surface area (Å²) < 4.78 is 11.5. The van der Waals surface area contributed by atoms with E-state index in [0.29, 0.717) is 49.0 Å². The number of carboxylic acids is 1. The summed E-state index contributed by atoms with van der Waals surface area (Å²) in [4.78, 5) is 45.7. The smallest absolute Gasteiger partial charge is 0.303 e. The number of hydrogen-bond acceptors (Lipinski definition) is 8. The molecule has 1 aromatic carbocycles. The van der Waals surface area contributed by atoms with Crippen molar-refractivity contribution in [2.24, 2.45) is 5.92 Å². The fraction of sp³-hybridized carbons (Fsp3) is 0.516. The Morgan fingerprint density at radius 1 is 1.16 bits per heavy atom. The van der Waals surface area contributed by atoms with Crippen molar-refractivity contribution >= 4 is 46.2 Å². The minimum absolute atomic E-state index is 0. The number of pyridine rings is 1. The normalized spacial score (nSPS) is 15.1. The van der Waals surface area contributed by atoms with Crippen molar-refractivity contribution in [2.45, 2.75) is 58.9 Å². The lowest BCUT2D eigenvalue weighted by Gasteiger charge is -2.36. The van der Waals surface area contributed by atoms with E-state index in [1.54, 1.807) is 18.1 Å². The number of aliphatic carboxylic acids is 1. The van der Waals surface area contributed by atoms with Gasteiger partial charge in [0.2, 0.25) is 0 Å². The van der Waals surface area contributed by atoms with Gasteiger partial charge in [-0.25, -0.2) is 4.98 Å². The highest BCUT2D eigenvalue weighted by Gasteiger charge is 2.33. The van der Waals surface area contributed by atoms with Gasteiger partial charge in [-0.1, -0.05) is 20.8 Å². The van der Waals surface area contributed by atoms with Crippen LogP contribution >= 0.6 is 17.0 Å². The summed E-state index contributed by atoms with van der Waals surface area (Å²) in [5, 5.41) is 20.5. The number of nitrogens with zero attached hydrogens (tertiary/aromatic N) is 3. The number of ether oxygens (including phenoxy) is 2. The standard InChI is InChI=1S/C31H41N5O6.BrH/c1-7-42-24-15-20-16-36(29(32)26(20)34-27(24)30(40)33-5)17-23(37)19-13-21(31(2,3)4)28(41-6)22(14-19)35-10-8-18(9-11-35)12-25(38)39;/h13-15,18,32H,7-12,16-17H2,1-6H3,(H,33,40)(H,38,39);1H. The maximum Gasteiger partial charge on any atom is 0.303 e. The van der Waals surface area contributed by atoms with Gasteiger partial charge in [-0.05, 0) is 49.3 Å². The van der Waals surface area contributed by atoms with E-state index in [1.807, 2.05) is 19.1 Å². The molecule has 0 atom stereocenters. The monoisotopic (exact) mass is 659 g/mol. The average Bonchev–Trinajstić information content (AvgIpc) is 3.24. The second-order valence-corrected chi connectivity index (χ2v) is 11.8. The number of Topliss-reactive ketones (excluding diaryl/α,β-unsaturated/α-hetero) is 1. The molecule has 1 saturated heterocycles. The number of anilines is 1. The van der Waals surface area contributed by atoms with Crippen LogP contribution in [0.1, 0.15) is 84.6 Å². The Kier molecular flexibility index (Phi) is 10.8. The number of rotatable bonds is 10. The summed E-state index contributed by atoms with van der Waals surface area (Å²) in [6.45, 7) is 9.99. The minimum atomic E-state index is -0.780. The second-order valence-electron chi connectivity index (χ2n) is 11.8. The van der Waals surface area contributed by atoms with E-state index in [9.17, 15) is 19.5 Å². The van der Waals surface area contributed by atoms with Gasteiger partial charge in [-0.3, -0.25) is 19.8 Å². The maximum absolute atomic E-state index is 13.8. The average molecular weight is 661 g/mol. The Hall–Kier alpha value is -3.67. The minimum Gasteiger partial charge on any atom is -0.494 e. The predicted molar refractivity (Wildman–Crippen MR) is 170 cm³/mol. The molecule has 1 aromatic heterocycles. The lowest BCUT2D eigenvalue weighted by Crippen LogP contribution is -2.35. The largest absolute Gasteiger partial charge is 0.494 e. The number of amidine groups is 1. The van der Waals surface area contributed by atoms with Crippen molar-refractivity contribution in [2.75, 3.05) is 45.3 Å². The summed E-state index contributed by atoms with van der Waals surface area (Å²) in [6, 6.07) is 5.46. The third-order valence-corrected chi connectivity index (χ3v) is 7.87. The van der Waals surface area contributed by atoms with Gasteiger partial charge in [0.1, 0.15) is 17.3 Å². The highest BCUT2D eigenvalue weighted by molar-refractivity contribution is 8.93. The van der Waals surface area contributed by atoms with Gasteiger partial charge in [0.15, 0.2) is 17.2 Å². The zero-order chi connectivity index (χ0) is 30.8. The number of hydrogen-bond donors (Lipinski definition) is 3. The first-order valence-electron chi connectivity index (χ1n) is 14.3. The van der Waals surface area contributed by atoms with Gasteiger partial charge < -0.3 is 29.7 Å². The quantitative estimate of drug-likeness (QED) is 0.315. The summed E-state index contributed by atoms with van der Waals surface area (Å²) >= 11 is 0. The number of ketones is 1. The molecule has 12 heteroatoms. The molecular weight excluding hydrogens is 618 g/mol. The van der Waals surface area contributed by atoms with Gasteiger partial charge in [0.05, 0.1) is 25.9 Å². The van der Waals surface area contributed by atoms with Crippen LogP contribution in [0.15, 0.2) is 18.2 Å². The van der Waals surface area contributed by atoms with E-state index in [-0.39, 0.29) is 58.6 Å². The summed E-state index contributed by atoms with van der Waals surface area (Å²) in [6.07, 6.45) is 1.65. The lowest BCUT2D eigenvalue weighted by atomic mass is 9.83. The molecule has 2 aliphatic rings. The van der Waals surface area contributed by atoms with Gasteiger partial charge in [0, 0.05) is 49.8 Å². The third kappa shape index (κ3) is 7.29. The molecule has 0 aliphatic carbocycles. The van der Waals surface area contributed by atoms with Gasteiger partial charge >= 0.3 is 5.97 Å². The van der Waals surface area contributed by atoms with Crippen molar-refractivity contribution in [3.8, 4) is 11.5 Å². The third-order valence-electron chi connectivity index (χ3n) is 7.87. The topological polar surface area (TPSA) is 145 Å². The molecule has 2 aromatic rings. The Morgan fingerprint density at radius 2 is 1.84 bits per heavy atom. The highest BCUT2D eigenvalue weighted by atomic mass is 79.9. The number of carbonyl (C=O) groups excluding carboxylic acids is 2. The molecule has 0 unspecified atom stereocenters. The number of carbonyl (C=O) groups is 3. The van der Waals surface area contributed by atoms with Gasteiger partial charge in [0.25, 0.3) is 5.91 Å². The molecule has 1 amide bonds. The van der Waals surface area contributed by atoms with Crippen LogP contribution < -0.4 is 19.7 Å². The number of methoxy groups -OCH3 is 1. The molecule has 11 nitrogen and oxygen atoms in total. The van der Waals surface area contributed by atoms with Crippen LogP contribution in [-0.2, 0) is 16.8 Å². The predicted octanol–water partition coefficient (Wildman–Crippen LogP) is 4.44. The zero-order valence-corrected chi connectivity index (χ0v) is 27.4. The van der Waals surface area contributed by atoms with Crippen molar-refractivity contribution in [1.29, 1.82) is 5.41 Å². The van der Waals surface area contributed by atoms with Crippen molar-refractivity contribution in [3.05, 3.63) is 46.3 Å². The van der Waals surface area contributed by atoms with Crippen molar-refractivity contribution in [3.63, 3.8) is 0 Å². The first kappa shape index (κ1) is 33.8. The van der Waals surface area contributed by atoms with Crippen LogP contribution in [0.4, 0.5) is 5.69 Å². The summed E-state index contributed by atoms with van der Waals surface area (Å²) in [7, 11) is 3.14. The molecule has 0 bridgehead atoms. The number of piperidine rings is 1. The Bertz CT molecular complexity index is 1400. The van der Waals surface area contributed by atoms with Crippen LogP contribution in [0.5, 0.6) is 11.5 Å². The summed E-state index contributed by atoms with van der Waals surface area (Å²) in [5.74, 6) is -0.0745. The number of carboxylic acid groups (broad SMARTS) is 1. The fourth-order valence-corrected chi connectivity index (χ4v) is 5.65. The van der Waals surface area contributed by atoms with E-state index < -0.39 is 11.9 Å². The number of nitrogens with one attached hydrogen (secondary N) is 2. The van der Waals surface area contributed by atoms with Crippen LogP contribution in [0.25, 0.3) is 0 Å². The number of benzene rings is 1. The molecule has 2 aliphatic heterocycles. The number of amides is 1. The second kappa shape index (κ2) is 13.7. The Morgan fingerprint density at radius 3 is 2.40 bits per heavy atom. The molecule has 0 spiro atoms. The Balaban J connectivity index is 0.00000506. The molecule has 3 N–H and O–H groups in total. The lowest BCUT2D eigenvalue weighted by molar-refractivity contribution is -0.138. The van der Waals surface area contributed by atoms with Crippen LogP contribution in [0.3, 0.4) is 0 Å². The van der Waals surface area contributed by atoms with Crippen molar-refractivity contribution < 1.29 is 29.0 Å². The zero-order valence-electron chi connectivity index (χ0n) is 25.7. The molecule has 1 fully saturated rings. The van der Waals surface area contributed by atoms with E-state index in [4.69, 9.17) is 14.9 Å². The van der Waals surface area contributed by atoms with E-state index in [0.717, 1.165) is 29.7 Å². The van der Waals surface area contributed by atoms with Crippen LogP contribution in [0.2, 0.25) is 0 Å². The van der Waals surface area contributed by atoms with E-state index in [2.05, 4.69) is 36.0 Å². The van der Waals surface area contributed by atoms with E-state index >= 15 is 0 Å². The molecule has 3 heterocycles. The molecular formula is C31H42BrN5O6. The maximum atomic E-state index is 13.8. The first-order valence-corrected chi connectivity index (χ1v) is 14.3. The number of halogens is 1. The SMILES string of the molecule is Br.CCOc1cc2c(nc1C(=O)NC)C(=N)N(CC(=O)c1cc(N3CCC(CC(=O)O)CC3)c(OC)c(C(C)(C)C)c1)C2. The van der Waals surface area contributed by atoms with E-state index in [1.165, 1.54) is 7.05 Å². The number of aromatic nitrogens is 1. The molecule has 234 valence electrons.